The van der Waals surface area contributed by atoms with Gasteiger partial charge in [0.05, 0.1) is 11.3 Å². The smallest absolute Gasteiger partial charge is 0.253 e. The number of nitrogens with two attached hydrogens (primary N) is 1. The number of aromatic nitrogens is 1. The van der Waals surface area contributed by atoms with Gasteiger partial charge >= 0.3 is 0 Å². The highest BCUT2D eigenvalue weighted by Crippen LogP contribution is 2.27. The quantitative estimate of drug-likeness (QED) is 0.900. The molecule has 0 radical (unpaired) electrons. The first kappa shape index (κ1) is 15.4. The Morgan fingerprint density at radius 1 is 1.38 bits per heavy atom. The van der Waals surface area contributed by atoms with Crippen LogP contribution >= 0.6 is 15.9 Å². The Bertz CT molecular complexity index is 649. The standard InChI is InChI=1S/C15H15BrFN3O/c1-20(7-4-10-2-5-19-6-3-10)13-9-11(16)8-12(17)14(13)15(18)21/h2-3,5-6,8-9H,4,7H2,1H3,(H2,18,21). The second kappa shape index (κ2) is 6.67. The number of halogens is 2. The summed E-state index contributed by atoms with van der Waals surface area (Å²) < 4.78 is 14.5. The van der Waals surface area contributed by atoms with Crippen LogP contribution in [0.5, 0.6) is 0 Å². The van der Waals surface area contributed by atoms with E-state index >= 15 is 0 Å². The summed E-state index contributed by atoms with van der Waals surface area (Å²) in [7, 11) is 1.80. The molecule has 0 aliphatic heterocycles. The van der Waals surface area contributed by atoms with Crippen LogP contribution in [0, 0.1) is 5.82 Å². The second-order valence-electron chi connectivity index (χ2n) is 4.67. The zero-order valence-corrected chi connectivity index (χ0v) is 13.1. The number of carbonyl (C=O) groups is 1. The fraction of sp³-hybridized carbons (Fsp3) is 0.200. The van der Waals surface area contributed by atoms with Crippen LogP contribution in [0.3, 0.4) is 0 Å². The van der Waals surface area contributed by atoms with Crippen molar-refractivity contribution in [2.75, 3.05) is 18.5 Å². The topological polar surface area (TPSA) is 59.2 Å². The highest BCUT2D eigenvalue weighted by atomic mass is 79.9. The number of carbonyl (C=O) groups excluding carboxylic acids is 1. The lowest BCUT2D eigenvalue weighted by Crippen LogP contribution is -2.25. The number of hydrogen-bond acceptors (Lipinski definition) is 3. The molecule has 2 aromatic rings. The number of amides is 1. The lowest BCUT2D eigenvalue weighted by molar-refractivity contribution is 0.0997. The summed E-state index contributed by atoms with van der Waals surface area (Å²) in [5, 5.41) is 0. The molecule has 0 fully saturated rings. The maximum absolute atomic E-state index is 13.9. The van der Waals surface area contributed by atoms with E-state index in [1.165, 1.54) is 6.07 Å². The molecular weight excluding hydrogens is 337 g/mol. The van der Waals surface area contributed by atoms with Gasteiger partial charge < -0.3 is 10.6 Å². The summed E-state index contributed by atoms with van der Waals surface area (Å²) in [5.74, 6) is -1.40. The normalized spacial score (nSPS) is 10.4. The number of benzene rings is 1. The van der Waals surface area contributed by atoms with Crippen LogP contribution in [0.15, 0.2) is 41.1 Å². The van der Waals surface area contributed by atoms with Crippen molar-refractivity contribution in [1.82, 2.24) is 4.98 Å². The van der Waals surface area contributed by atoms with Crippen LogP contribution in [0.25, 0.3) is 0 Å². The van der Waals surface area contributed by atoms with Gasteiger partial charge in [0.1, 0.15) is 5.82 Å². The molecule has 0 spiro atoms. The Morgan fingerprint density at radius 3 is 2.67 bits per heavy atom. The Kier molecular flexibility index (Phi) is 4.90. The molecule has 6 heteroatoms. The summed E-state index contributed by atoms with van der Waals surface area (Å²) in [6.07, 6.45) is 4.21. The molecule has 0 unspecified atom stereocenters. The molecule has 1 amide bonds. The molecule has 0 atom stereocenters. The van der Waals surface area contributed by atoms with Gasteiger partial charge in [-0.3, -0.25) is 9.78 Å². The molecule has 4 nitrogen and oxygen atoms in total. The van der Waals surface area contributed by atoms with Crippen LogP contribution in [0.1, 0.15) is 15.9 Å². The number of rotatable bonds is 5. The van der Waals surface area contributed by atoms with Gasteiger partial charge in [-0.2, -0.15) is 0 Å². The van der Waals surface area contributed by atoms with E-state index < -0.39 is 11.7 Å². The van der Waals surface area contributed by atoms with Gasteiger partial charge in [-0.05, 0) is 36.2 Å². The molecule has 0 aliphatic rings. The summed E-state index contributed by atoms with van der Waals surface area (Å²) in [6, 6.07) is 6.77. The van der Waals surface area contributed by atoms with Crippen molar-refractivity contribution in [3.63, 3.8) is 0 Å². The summed E-state index contributed by atoms with van der Waals surface area (Å²) in [5.41, 5.74) is 6.79. The first-order valence-electron chi connectivity index (χ1n) is 6.38. The van der Waals surface area contributed by atoms with Crippen LogP contribution in [0.2, 0.25) is 0 Å². The van der Waals surface area contributed by atoms with Crippen molar-refractivity contribution in [3.05, 3.63) is 58.1 Å². The fourth-order valence-corrected chi connectivity index (χ4v) is 2.49. The van der Waals surface area contributed by atoms with Crippen molar-refractivity contribution in [2.24, 2.45) is 5.73 Å². The average molecular weight is 352 g/mol. The second-order valence-corrected chi connectivity index (χ2v) is 5.59. The number of anilines is 1. The van der Waals surface area contributed by atoms with Crippen LogP contribution in [-0.4, -0.2) is 24.5 Å². The molecule has 0 saturated carbocycles. The molecule has 1 aromatic heterocycles. The molecule has 0 aliphatic carbocycles. The molecule has 0 bridgehead atoms. The minimum atomic E-state index is -0.772. The Hall–Kier alpha value is -1.95. The third-order valence-electron chi connectivity index (χ3n) is 3.18. The summed E-state index contributed by atoms with van der Waals surface area (Å²) >= 11 is 3.23. The van der Waals surface area contributed by atoms with E-state index in [1.807, 2.05) is 17.0 Å². The van der Waals surface area contributed by atoms with E-state index in [4.69, 9.17) is 5.73 Å². The van der Waals surface area contributed by atoms with Gasteiger partial charge in [-0.1, -0.05) is 15.9 Å². The van der Waals surface area contributed by atoms with Crippen LogP contribution < -0.4 is 10.6 Å². The fourth-order valence-electron chi connectivity index (χ4n) is 2.07. The van der Waals surface area contributed by atoms with Gasteiger partial charge in [-0.25, -0.2) is 4.39 Å². The predicted octanol–water partition coefficient (Wildman–Crippen LogP) is 2.76. The molecule has 110 valence electrons. The summed E-state index contributed by atoms with van der Waals surface area (Å²) in [6.45, 7) is 0.625. The largest absolute Gasteiger partial charge is 0.374 e. The van der Waals surface area contributed by atoms with E-state index in [0.29, 0.717) is 16.7 Å². The monoisotopic (exact) mass is 351 g/mol. The lowest BCUT2D eigenvalue weighted by atomic mass is 10.1. The predicted molar refractivity (Wildman–Crippen MR) is 83.8 cm³/mol. The SMILES string of the molecule is CN(CCc1ccncc1)c1cc(Br)cc(F)c1C(N)=O. The maximum Gasteiger partial charge on any atom is 0.253 e. The molecule has 1 heterocycles. The van der Waals surface area contributed by atoms with Crippen LogP contribution in [0.4, 0.5) is 10.1 Å². The maximum atomic E-state index is 13.9. The first-order valence-corrected chi connectivity index (χ1v) is 7.17. The molecule has 2 rings (SSSR count). The highest BCUT2D eigenvalue weighted by Gasteiger charge is 2.18. The number of nitrogens with zero attached hydrogens (tertiary/aromatic N) is 2. The van der Waals surface area contributed by atoms with E-state index in [0.717, 1.165) is 12.0 Å². The Labute approximate surface area is 130 Å². The third kappa shape index (κ3) is 3.78. The van der Waals surface area contributed by atoms with E-state index in [9.17, 15) is 9.18 Å². The van der Waals surface area contributed by atoms with Gasteiger partial charge in [0.2, 0.25) is 0 Å². The van der Waals surface area contributed by atoms with Crippen LogP contribution in [-0.2, 0) is 6.42 Å². The molecule has 0 saturated heterocycles. The van der Waals surface area contributed by atoms with Crippen molar-refractivity contribution in [1.29, 1.82) is 0 Å². The first-order chi connectivity index (χ1) is 9.99. The van der Waals surface area contributed by atoms with Crippen molar-refractivity contribution >= 4 is 27.5 Å². The zero-order valence-electron chi connectivity index (χ0n) is 11.5. The molecular formula is C15H15BrFN3O. The van der Waals surface area contributed by atoms with E-state index in [1.54, 1.807) is 25.5 Å². The highest BCUT2D eigenvalue weighted by molar-refractivity contribution is 9.10. The van der Waals surface area contributed by atoms with Gasteiger partial charge in [0.15, 0.2) is 0 Å². The summed E-state index contributed by atoms with van der Waals surface area (Å²) in [4.78, 5) is 17.2. The number of likely N-dealkylation sites (N-methyl/N-ethyl adjacent to an activating group) is 1. The molecule has 2 N–H and O–H groups in total. The minimum absolute atomic E-state index is 0.0876. The van der Waals surface area contributed by atoms with E-state index in [2.05, 4.69) is 20.9 Å². The van der Waals surface area contributed by atoms with Crippen molar-refractivity contribution in [2.45, 2.75) is 6.42 Å². The van der Waals surface area contributed by atoms with E-state index in [-0.39, 0.29) is 5.56 Å². The van der Waals surface area contributed by atoms with Gasteiger partial charge in [0.25, 0.3) is 5.91 Å². The third-order valence-corrected chi connectivity index (χ3v) is 3.63. The molecule has 1 aromatic carbocycles. The molecule has 21 heavy (non-hydrogen) atoms. The lowest BCUT2D eigenvalue weighted by Gasteiger charge is -2.22. The van der Waals surface area contributed by atoms with Gasteiger partial charge in [0, 0.05) is 30.5 Å². The van der Waals surface area contributed by atoms with Crippen molar-refractivity contribution < 1.29 is 9.18 Å². The minimum Gasteiger partial charge on any atom is -0.374 e. The number of hydrogen-bond donors (Lipinski definition) is 1. The Morgan fingerprint density at radius 2 is 2.05 bits per heavy atom. The van der Waals surface area contributed by atoms with Crippen molar-refractivity contribution in [3.8, 4) is 0 Å². The van der Waals surface area contributed by atoms with Gasteiger partial charge in [-0.15, -0.1) is 0 Å². The average Bonchev–Trinajstić information content (AvgIpc) is 2.44. The zero-order chi connectivity index (χ0) is 15.4. The number of primary amides is 1. The number of pyridine rings is 1. The Balaban J connectivity index is 2.22.